The maximum absolute atomic E-state index is 9.29. The molecule has 1 saturated carbocycles. The van der Waals surface area contributed by atoms with Gasteiger partial charge in [0.15, 0.2) is 0 Å². The van der Waals surface area contributed by atoms with Crippen molar-refractivity contribution < 1.29 is 9.84 Å². The van der Waals surface area contributed by atoms with Gasteiger partial charge in [0.25, 0.3) is 0 Å². The zero-order chi connectivity index (χ0) is 16.8. The highest BCUT2D eigenvalue weighted by Crippen LogP contribution is 2.29. The van der Waals surface area contributed by atoms with E-state index in [0.29, 0.717) is 36.4 Å². The van der Waals surface area contributed by atoms with Crippen molar-refractivity contribution in [1.29, 1.82) is 0 Å². The molecule has 2 unspecified atom stereocenters. The smallest absolute Gasteiger partial charge is 0.224 e. The van der Waals surface area contributed by atoms with E-state index < -0.39 is 0 Å². The average molecular weight is 339 g/mol. The first-order valence-electron chi connectivity index (χ1n) is 7.83. The van der Waals surface area contributed by atoms with Crippen molar-refractivity contribution in [3.63, 3.8) is 0 Å². The van der Waals surface area contributed by atoms with E-state index in [0.717, 1.165) is 25.0 Å². The SMILES string of the molecule is COCCNc1nc(C)c(C(N)=S)c(NC2CCC(CO)C2)n1. The minimum Gasteiger partial charge on any atom is -0.396 e. The van der Waals surface area contributed by atoms with Crippen molar-refractivity contribution in [3.8, 4) is 0 Å². The number of hydrogen-bond acceptors (Lipinski definition) is 7. The Kier molecular flexibility index (Phi) is 6.49. The Bertz CT molecular complexity index is 555. The number of thiocarbonyl (C=S) groups is 1. The largest absolute Gasteiger partial charge is 0.396 e. The van der Waals surface area contributed by atoms with Gasteiger partial charge in [-0.15, -0.1) is 0 Å². The lowest BCUT2D eigenvalue weighted by molar-refractivity contribution is 0.210. The van der Waals surface area contributed by atoms with Crippen molar-refractivity contribution in [2.45, 2.75) is 32.2 Å². The third kappa shape index (κ3) is 4.73. The van der Waals surface area contributed by atoms with Gasteiger partial charge in [0, 0.05) is 26.3 Å². The summed E-state index contributed by atoms with van der Waals surface area (Å²) in [6, 6.07) is 0.265. The molecule has 23 heavy (non-hydrogen) atoms. The summed E-state index contributed by atoms with van der Waals surface area (Å²) < 4.78 is 5.02. The number of aryl methyl sites for hydroxylation is 1. The van der Waals surface area contributed by atoms with Crippen LogP contribution in [0.1, 0.15) is 30.5 Å². The Balaban J connectivity index is 2.18. The number of rotatable bonds is 8. The number of aliphatic hydroxyl groups excluding tert-OH is 1. The summed E-state index contributed by atoms with van der Waals surface area (Å²) in [5.41, 5.74) is 7.27. The first kappa shape index (κ1) is 17.8. The van der Waals surface area contributed by atoms with Gasteiger partial charge in [-0.25, -0.2) is 4.98 Å². The fraction of sp³-hybridized carbons (Fsp3) is 0.667. The van der Waals surface area contributed by atoms with Crippen molar-refractivity contribution in [1.82, 2.24) is 9.97 Å². The second kappa shape index (κ2) is 8.37. The minimum atomic E-state index is 0.229. The van der Waals surface area contributed by atoms with Gasteiger partial charge in [-0.1, -0.05) is 12.2 Å². The molecule has 7 nitrogen and oxygen atoms in total. The fourth-order valence-corrected chi connectivity index (χ4v) is 3.13. The molecular formula is C15H25N5O2S. The second-order valence-corrected chi connectivity index (χ2v) is 6.28. The van der Waals surface area contributed by atoms with Crippen LogP contribution in [0.4, 0.5) is 11.8 Å². The maximum Gasteiger partial charge on any atom is 0.224 e. The number of ether oxygens (including phenoxy) is 1. The topological polar surface area (TPSA) is 105 Å². The zero-order valence-electron chi connectivity index (χ0n) is 13.6. The predicted molar refractivity (Wildman–Crippen MR) is 94.9 cm³/mol. The van der Waals surface area contributed by atoms with Gasteiger partial charge in [0.1, 0.15) is 10.8 Å². The molecule has 0 radical (unpaired) electrons. The van der Waals surface area contributed by atoms with Crippen LogP contribution in [0.2, 0.25) is 0 Å². The minimum absolute atomic E-state index is 0.229. The van der Waals surface area contributed by atoms with Crippen LogP contribution in [0.5, 0.6) is 0 Å². The lowest BCUT2D eigenvalue weighted by atomic mass is 10.1. The summed E-state index contributed by atoms with van der Waals surface area (Å²) >= 11 is 5.15. The van der Waals surface area contributed by atoms with Gasteiger partial charge >= 0.3 is 0 Å². The normalized spacial score (nSPS) is 20.5. The molecule has 0 bridgehead atoms. The molecule has 1 fully saturated rings. The van der Waals surface area contributed by atoms with Gasteiger partial charge in [-0.3, -0.25) is 0 Å². The first-order valence-corrected chi connectivity index (χ1v) is 8.24. The molecule has 8 heteroatoms. The Morgan fingerprint density at radius 2 is 2.22 bits per heavy atom. The number of aliphatic hydroxyl groups is 1. The number of methoxy groups -OCH3 is 1. The molecule has 0 saturated heterocycles. The van der Waals surface area contributed by atoms with Crippen LogP contribution in [0.3, 0.4) is 0 Å². The molecule has 1 aliphatic rings. The fourth-order valence-electron chi connectivity index (χ4n) is 2.88. The molecule has 1 heterocycles. The predicted octanol–water partition coefficient (Wildman–Crippen LogP) is 1.05. The van der Waals surface area contributed by atoms with Crippen molar-refractivity contribution in [3.05, 3.63) is 11.3 Å². The summed E-state index contributed by atoms with van der Waals surface area (Å²) in [6.45, 7) is 3.29. The van der Waals surface area contributed by atoms with Gasteiger partial charge in [-0.2, -0.15) is 4.98 Å². The van der Waals surface area contributed by atoms with Crippen molar-refractivity contribution >= 4 is 29.0 Å². The summed E-state index contributed by atoms with van der Waals surface area (Å²) in [7, 11) is 1.65. The number of nitrogens with one attached hydrogen (secondary N) is 2. The van der Waals surface area contributed by atoms with E-state index in [1.807, 2.05) is 6.92 Å². The van der Waals surface area contributed by atoms with Crippen LogP contribution in [0.25, 0.3) is 0 Å². The Morgan fingerprint density at radius 1 is 1.43 bits per heavy atom. The molecule has 0 aliphatic heterocycles. The third-order valence-electron chi connectivity index (χ3n) is 4.07. The first-order chi connectivity index (χ1) is 11.0. The van der Waals surface area contributed by atoms with E-state index in [9.17, 15) is 5.11 Å². The van der Waals surface area contributed by atoms with E-state index in [1.165, 1.54) is 0 Å². The molecule has 5 N–H and O–H groups in total. The summed E-state index contributed by atoms with van der Waals surface area (Å²) in [5.74, 6) is 1.54. The van der Waals surface area contributed by atoms with Crippen molar-refractivity contribution in [2.75, 3.05) is 37.5 Å². The number of nitrogens with zero attached hydrogens (tertiary/aromatic N) is 2. The maximum atomic E-state index is 9.29. The van der Waals surface area contributed by atoms with Crippen LogP contribution in [0.15, 0.2) is 0 Å². The monoisotopic (exact) mass is 339 g/mol. The van der Waals surface area contributed by atoms with Crippen LogP contribution in [0, 0.1) is 12.8 Å². The highest BCUT2D eigenvalue weighted by Gasteiger charge is 2.26. The van der Waals surface area contributed by atoms with Gasteiger partial charge in [-0.05, 0) is 32.1 Å². The molecule has 2 rings (SSSR count). The highest BCUT2D eigenvalue weighted by atomic mass is 32.1. The third-order valence-corrected chi connectivity index (χ3v) is 4.27. The van der Waals surface area contributed by atoms with Gasteiger partial charge in [0.2, 0.25) is 5.95 Å². The number of anilines is 2. The van der Waals surface area contributed by atoms with Crippen LogP contribution >= 0.6 is 12.2 Å². The summed E-state index contributed by atoms with van der Waals surface area (Å²) in [6.07, 6.45) is 2.93. The Hall–Kier alpha value is -1.51. The van der Waals surface area contributed by atoms with E-state index in [2.05, 4.69) is 20.6 Å². The molecule has 2 atom stereocenters. The lowest BCUT2D eigenvalue weighted by Gasteiger charge is -2.18. The number of aromatic nitrogens is 2. The van der Waals surface area contributed by atoms with Gasteiger partial charge in [0.05, 0.1) is 17.9 Å². The zero-order valence-corrected chi connectivity index (χ0v) is 14.4. The van der Waals surface area contributed by atoms with Gasteiger partial charge < -0.3 is 26.2 Å². The molecule has 0 spiro atoms. The van der Waals surface area contributed by atoms with E-state index in [4.69, 9.17) is 22.7 Å². The molecule has 128 valence electrons. The van der Waals surface area contributed by atoms with E-state index in [1.54, 1.807) is 7.11 Å². The standard InChI is InChI=1S/C15H25N5O2S/c1-9-12(13(16)23)14(19-11-4-3-10(7-11)8-21)20-15(18-9)17-5-6-22-2/h10-11,21H,3-8H2,1-2H3,(H2,16,23)(H2,17,18,19,20). The quantitative estimate of drug-likeness (QED) is 0.411. The Labute approximate surface area is 142 Å². The Morgan fingerprint density at radius 3 is 2.83 bits per heavy atom. The number of hydrogen-bond donors (Lipinski definition) is 4. The summed E-state index contributed by atoms with van der Waals surface area (Å²) in [5, 5.41) is 15.8. The van der Waals surface area contributed by atoms with E-state index >= 15 is 0 Å². The van der Waals surface area contributed by atoms with Crippen LogP contribution < -0.4 is 16.4 Å². The molecule has 1 aliphatic carbocycles. The molecular weight excluding hydrogens is 314 g/mol. The molecule has 0 aromatic carbocycles. The summed E-state index contributed by atoms with van der Waals surface area (Å²) in [4.78, 5) is 9.21. The van der Waals surface area contributed by atoms with Crippen LogP contribution in [-0.4, -0.2) is 53.0 Å². The molecule has 1 aromatic heterocycles. The number of nitrogens with two attached hydrogens (primary N) is 1. The van der Waals surface area contributed by atoms with Crippen LogP contribution in [-0.2, 0) is 4.74 Å². The average Bonchev–Trinajstić information content (AvgIpc) is 2.94. The lowest BCUT2D eigenvalue weighted by Crippen LogP contribution is -2.24. The van der Waals surface area contributed by atoms with E-state index in [-0.39, 0.29) is 17.6 Å². The van der Waals surface area contributed by atoms with Crippen molar-refractivity contribution in [2.24, 2.45) is 11.7 Å². The highest BCUT2D eigenvalue weighted by molar-refractivity contribution is 7.80. The second-order valence-electron chi connectivity index (χ2n) is 5.84. The molecule has 1 aromatic rings. The molecule has 0 amide bonds.